The number of nitrogens with one attached hydrogen (secondary N) is 1. The van der Waals surface area contributed by atoms with Crippen LogP contribution in [-0.2, 0) is 0 Å². The fourth-order valence-electron chi connectivity index (χ4n) is 2.34. The van der Waals surface area contributed by atoms with E-state index >= 15 is 0 Å². The number of piperidine rings is 1. The summed E-state index contributed by atoms with van der Waals surface area (Å²) in [4.78, 5) is 0. The van der Waals surface area contributed by atoms with Crippen LogP contribution in [0.25, 0.3) is 0 Å². The largest absolute Gasteiger partial charge is 0.316 e. The van der Waals surface area contributed by atoms with Crippen LogP contribution in [0.4, 0.5) is 0 Å². The Morgan fingerprint density at radius 2 is 1.92 bits per heavy atom. The average Bonchev–Trinajstić information content (AvgIpc) is 1.91. The van der Waals surface area contributed by atoms with Gasteiger partial charge >= 0.3 is 0 Å². The number of rotatable bonds is 1. The van der Waals surface area contributed by atoms with Crippen LogP contribution < -0.4 is 5.32 Å². The first-order chi connectivity index (χ1) is 5.81. The molecule has 1 aliphatic rings. The molecule has 1 rings (SSSR count). The Kier molecular flexibility index (Phi) is 3.06. The van der Waals surface area contributed by atoms with Crippen molar-refractivity contribution < 1.29 is 0 Å². The van der Waals surface area contributed by atoms with Gasteiger partial charge < -0.3 is 5.32 Å². The number of hydrogen-bond donors (Lipinski definition) is 1. The molecule has 0 aromatic heterocycles. The molecule has 1 saturated heterocycles. The molecule has 0 amide bonds. The van der Waals surface area contributed by atoms with Crippen molar-refractivity contribution in [2.75, 3.05) is 13.1 Å². The van der Waals surface area contributed by atoms with Crippen LogP contribution >= 0.6 is 0 Å². The summed E-state index contributed by atoms with van der Waals surface area (Å²) in [6.07, 6.45) is 2.71. The molecule has 1 heteroatoms. The summed E-state index contributed by atoms with van der Waals surface area (Å²) in [7, 11) is 0. The minimum Gasteiger partial charge on any atom is -0.316 e. The van der Waals surface area contributed by atoms with Crippen LogP contribution in [0.5, 0.6) is 0 Å². The van der Waals surface area contributed by atoms with Gasteiger partial charge in [0.05, 0.1) is 0 Å². The fraction of sp³-hybridized carbons (Fsp3) is 1.00. The van der Waals surface area contributed by atoms with E-state index < -0.39 is 0 Å². The maximum atomic E-state index is 3.49. The lowest BCUT2D eigenvalue weighted by molar-refractivity contribution is 0.108. The van der Waals surface area contributed by atoms with E-state index in [-0.39, 0.29) is 0 Å². The Labute approximate surface area is 83.3 Å². The monoisotopic (exact) mass is 183 g/mol. The van der Waals surface area contributed by atoms with E-state index in [9.17, 15) is 0 Å². The van der Waals surface area contributed by atoms with Crippen molar-refractivity contribution in [3.05, 3.63) is 0 Å². The molecule has 0 spiro atoms. The standard InChI is InChI=1S/C12H25N/c1-11(2,3)8-10-6-7-13-9-12(10,4)5/h10,13H,6-9H2,1-5H3/t10-/m1/s1. The summed E-state index contributed by atoms with van der Waals surface area (Å²) >= 11 is 0. The van der Waals surface area contributed by atoms with Crippen LogP contribution in [0.2, 0.25) is 0 Å². The minimum absolute atomic E-state index is 0.485. The molecule has 0 aliphatic carbocycles. The van der Waals surface area contributed by atoms with Crippen LogP contribution in [-0.4, -0.2) is 13.1 Å². The third-order valence-corrected chi connectivity index (χ3v) is 3.21. The molecule has 0 saturated carbocycles. The molecular weight excluding hydrogens is 158 g/mol. The number of hydrogen-bond acceptors (Lipinski definition) is 1. The van der Waals surface area contributed by atoms with Crippen molar-refractivity contribution in [3.8, 4) is 0 Å². The summed E-state index contributed by atoms with van der Waals surface area (Å²) in [5.41, 5.74) is 0.977. The Hall–Kier alpha value is -0.0400. The van der Waals surface area contributed by atoms with Gasteiger partial charge in [0, 0.05) is 6.54 Å². The van der Waals surface area contributed by atoms with Gasteiger partial charge in [-0.3, -0.25) is 0 Å². The predicted molar refractivity (Wildman–Crippen MR) is 58.8 cm³/mol. The second-order valence-corrected chi connectivity index (χ2v) is 6.42. The van der Waals surface area contributed by atoms with Gasteiger partial charge in [-0.1, -0.05) is 34.6 Å². The summed E-state index contributed by atoms with van der Waals surface area (Å²) < 4.78 is 0. The lowest BCUT2D eigenvalue weighted by atomic mass is 9.68. The maximum absolute atomic E-state index is 3.49. The molecule has 0 unspecified atom stereocenters. The SMILES string of the molecule is CC(C)(C)C[C@H]1CCNCC1(C)C. The highest BCUT2D eigenvalue weighted by atomic mass is 14.9. The van der Waals surface area contributed by atoms with Gasteiger partial charge in [-0.05, 0) is 36.1 Å². The van der Waals surface area contributed by atoms with Gasteiger partial charge in [0.25, 0.3) is 0 Å². The molecule has 0 aromatic carbocycles. The second-order valence-electron chi connectivity index (χ2n) is 6.42. The lowest BCUT2D eigenvalue weighted by Gasteiger charge is -2.42. The Morgan fingerprint density at radius 1 is 1.31 bits per heavy atom. The van der Waals surface area contributed by atoms with Gasteiger partial charge in [0.2, 0.25) is 0 Å². The van der Waals surface area contributed by atoms with E-state index in [1.165, 1.54) is 25.9 Å². The zero-order valence-corrected chi connectivity index (χ0v) is 9.91. The smallest absolute Gasteiger partial charge is 0.000518 e. The third-order valence-electron chi connectivity index (χ3n) is 3.21. The maximum Gasteiger partial charge on any atom is 0.000518 e. The van der Waals surface area contributed by atoms with Crippen molar-refractivity contribution in [1.82, 2.24) is 5.32 Å². The molecule has 1 aliphatic heterocycles. The molecule has 1 heterocycles. The van der Waals surface area contributed by atoms with Crippen LogP contribution in [0.3, 0.4) is 0 Å². The lowest BCUT2D eigenvalue weighted by Crippen LogP contribution is -2.44. The Morgan fingerprint density at radius 3 is 2.38 bits per heavy atom. The van der Waals surface area contributed by atoms with Crippen molar-refractivity contribution in [3.63, 3.8) is 0 Å². The molecule has 78 valence electrons. The zero-order valence-electron chi connectivity index (χ0n) is 9.91. The van der Waals surface area contributed by atoms with Gasteiger partial charge in [-0.2, -0.15) is 0 Å². The predicted octanol–water partition coefficient (Wildman–Crippen LogP) is 3.06. The van der Waals surface area contributed by atoms with Crippen molar-refractivity contribution >= 4 is 0 Å². The zero-order chi connectivity index (χ0) is 10.1. The molecule has 0 aromatic rings. The van der Waals surface area contributed by atoms with Crippen LogP contribution in [0.1, 0.15) is 47.5 Å². The van der Waals surface area contributed by atoms with E-state index in [0.717, 1.165) is 5.92 Å². The van der Waals surface area contributed by atoms with E-state index in [1.54, 1.807) is 0 Å². The molecule has 1 atom stereocenters. The topological polar surface area (TPSA) is 12.0 Å². The van der Waals surface area contributed by atoms with E-state index in [2.05, 4.69) is 39.9 Å². The van der Waals surface area contributed by atoms with Gasteiger partial charge in [-0.15, -0.1) is 0 Å². The molecule has 1 N–H and O–H groups in total. The Bertz CT molecular complexity index is 164. The highest BCUT2D eigenvalue weighted by Gasteiger charge is 2.34. The fourth-order valence-corrected chi connectivity index (χ4v) is 2.34. The molecular formula is C12H25N. The van der Waals surface area contributed by atoms with Crippen LogP contribution in [0.15, 0.2) is 0 Å². The summed E-state index contributed by atoms with van der Waals surface area (Å²) in [6, 6.07) is 0. The third kappa shape index (κ3) is 3.30. The molecule has 1 nitrogen and oxygen atoms in total. The highest BCUT2D eigenvalue weighted by Crippen LogP contribution is 2.39. The minimum atomic E-state index is 0.485. The summed E-state index contributed by atoms with van der Waals surface area (Å²) in [5.74, 6) is 0.897. The van der Waals surface area contributed by atoms with Crippen LogP contribution in [0, 0.1) is 16.7 Å². The van der Waals surface area contributed by atoms with E-state index in [1.807, 2.05) is 0 Å². The second kappa shape index (κ2) is 3.61. The molecule has 0 radical (unpaired) electrons. The van der Waals surface area contributed by atoms with Gasteiger partial charge in [-0.25, -0.2) is 0 Å². The normalized spacial score (nSPS) is 28.8. The van der Waals surface area contributed by atoms with Gasteiger partial charge in [0.15, 0.2) is 0 Å². The average molecular weight is 183 g/mol. The Balaban J connectivity index is 2.56. The molecule has 0 bridgehead atoms. The van der Waals surface area contributed by atoms with Crippen molar-refractivity contribution in [2.24, 2.45) is 16.7 Å². The molecule has 1 fully saturated rings. The first-order valence-corrected chi connectivity index (χ1v) is 5.52. The van der Waals surface area contributed by atoms with E-state index in [0.29, 0.717) is 10.8 Å². The first-order valence-electron chi connectivity index (χ1n) is 5.52. The first kappa shape index (κ1) is 11.0. The highest BCUT2D eigenvalue weighted by molar-refractivity contribution is 4.87. The quantitative estimate of drug-likeness (QED) is 0.659. The van der Waals surface area contributed by atoms with Crippen molar-refractivity contribution in [2.45, 2.75) is 47.5 Å². The summed E-state index contributed by atoms with van der Waals surface area (Å²) in [5, 5.41) is 3.49. The summed E-state index contributed by atoms with van der Waals surface area (Å²) in [6.45, 7) is 14.3. The van der Waals surface area contributed by atoms with E-state index in [4.69, 9.17) is 0 Å². The molecule has 13 heavy (non-hydrogen) atoms. The van der Waals surface area contributed by atoms with Crippen molar-refractivity contribution in [1.29, 1.82) is 0 Å². The van der Waals surface area contributed by atoms with Gasteiger partial charge in [0.1, 0.15) is 0 Å².